The Labute approximate surface area is 167 Å². The Kier molecular flexibility index (Phi) is 5.50. The fraction of sp³-hybridized carbons (Fsp3) is 0.286. The number of piperazine rings is 1. The highest BCUT2D eigenvalue weighted by molar-refractivity contribution is 6.32. The van der Waals surface area contributed by atoms with Gasteiger partial charge in [-0.2, -0.15) is 0 Å². The summed E-state index contributed by atoms with van der Waals surface area (Å²) >= 11 is 5.99. The van der Waals surface area contributed by atoms with Crippen molar-refractivity contribution in [3.05, 3.63) is 64.4 Å². The van der Waals surface area contributed by atoms with E-state index in [0.717, 1.165) is 36.7 Å². The number of nitrogens with zero attached hydrogens (tertiary/aromatic N) is 2. The second kappa shape index (κ2) is 8.20. The fourth-order valence-electron chi connectivity index (χ4n) is 3.35. The van der Waals surface area contributed by atoms with Crippen molar-refractivity contribution >= 4 is 23.6 Å². The third-order valence-corrected chi connectivity index (χ3v) is 5.25. The standard InChI is InChI=1S/C21H20ClFN2O3/c22-17-2-1-3-18(23)16(17)5-7-21(26)25-10-8-24(9-11-25)13-15-4-6-19-20(12-15)28-14-27-19/h1-7,12H,8-11,13-14H2/b7-5+. The summed E-state index contributed by atoms with van der Waals surface area (Å²) in [6.07, 6.45) is 2.83. The second-order valence-corrected chi connectivity index (χ2v) is 7.16. The van der Waals surface area contributed by atoms with Crippen LogP contribution in [0.3, 0.4) is 0 Å². The number of carbonyl (C=O) groups excluding carboxylic acids is 1. The second-order valence-electron chi connectivity index (χ2n) is 6.76. The average molecular weight is 403 g/mol. The molecule has 2 aromatic carbocycles. The Morgan fingerprint density at radius 3 is 2.68 bits per heavy atom. The Hall–Kier alpha value is -2.57. The van der Waals surface area contributed by atoms with Gasteiger partial charge < -0.3 is 14.4 Å². The summed E-state index contributed by atoms with van der Waals surface area (Å²) in [5.41, 5.74) is 1.39. The molecular formula is C21H20ClFN2O3. The number of hydrogen-bond donors (Lipinski definition) is 0. The third-order valence-electron chi connectivity index (χ3n) is 4.92. The Morgan fingerprint density at radius 1 is 1.11 bits per heavy atom. The minimum absolute atomic E-state index is 0.137. The fourth-order valence-corrected chi connectivity index (χ4v) is 3.58. The lowest BCUT2D eigenvalue weighted by atomic mass is 10.1. The average Bonchev–Trinajstić information content (AvgIpc) is 3.16. The minimum Gasteiger partial charge on any atom is -0.454 e. The van der Waals surface area contributed by atoms with Crippen LogP contribution in [-0.2, 0) is 11.3 Å². The van der Waals surface area contributed by atoms with Crippen molar-refractivity contribution in [3.63, 3.8) is 0 Å². The summed E-state index contributed by atoms with van der Waals surface area (Å²) in [5.74, 6) is 0.983. The first kappa shape index (κ1) is 18.8. The number of halogens is 2. The molecular weight excluding hydrogens is 383 g/mol. The predicted molar refractivity (Wildman–Crippen MR) is 105 cm³/mol. The van der Waals surface area contributed by atoms with E-state index in [9.17, 15) is 9.18 Å². The van der Waals surface area contributed by atoms with E-state index >= 15 is 0 Å². The number of ether oxygens (including phenoxy) is 2. The highest BCUT2D eigenvalue weighted by atomic mass is 35.5. The normalized spacial score (nSPS) is 16.7. The number of carbonyl (C=O) groups is 1. The van der Waals surface area contributed by atoms with Gasteiger partial charge >= 0.3 is 0 Å². The van der Waals surface area contributed by atoms with Gasteiger partial charge in [0.05, 0.1) is 5.02 Å². The summed E-state index contributed by atoms with van der Waals surface area (Å²) < 4.78 is 24.6. The molecule has 0 aromatic heterocycles. The van der Waals surface area contributed by atoms with Gasteiger partial charge in [-0.3, -0.25) is 9.69 Å². The molecule has 0 radical (unpaired) electrons. The van der Waals surface area contributed by atoms with Crippen LogP contribution in [0.1, 0.15) is 11.1 Å². The first-order valence-corrected chi connectivity index (χ1v) is 9.50. The van der Waals surface area contributed by atoms with Crippen LogP contribution < -0.4 is 9.47 Å². The summed E-state index contributed by atoms with van der Waals surface area (Å²) in [4.78, 5) is 16.5. The number of hydrogen-bond acceptors (Lipinski definition) is 4. The van der Waals surface area contributed by atoms with Gasteiger partial charge in [0, 0.05) is 44.4 Å². The first-order valence-electron chi connectivity index (χ1n) is 9.12. The maximum Gasteiger partial charge on any atom is 0.246 e. The third kappa shape index (κ3) is 4.13. The molecule has 4 rings (SSSR count). The molecule has 0 aliphatic carbocycles. The van der Waals surface area contributed by atoms with Gasteiger partial charge in [-0.25, -0.2) is 4.39 Å². The van der Waals surface area contributed by atoms with Gasteiger partial charge in [0.1, 0.15) is 5.82 Å². The van der Waals surface area contributed by atoms with Crippen molar-refractivity contribution in [1.82, 2.24) is 9.80 Å². The maximum atomic E-state index is 13.8. The Balaban J connectivity index is 1.31. The van der Waals surface area contributed by atoms with Crippen LogP contribution >= 0.6 is 11.6 Å². The van der Waals surface area contributed by atoms with Crippen molar-refractivity contribution in [1.29, 1.82) is 0 Å². The zero-order chi connectivity index (χ0) is 19.5. The van der Waals surface area contributed by atoms with Gasteiger partial charge in [0.25, 0.3) is 0 Å². The highest BCUT2D eigenvalue weighted by Crippen LogP contribution is 2.32. The summed E-state index contributed by atoms with van der Waals surface area (Å²) in [6.45, 7) is 3.85. The van der Waals surface area contributed by atoms with Crippen LogP contribution in [0.25, 0.3) is 6.08 Å². The summed E-state index contributed by atoms with van der Waals surface area (Å²) in [6, 6.07) is 10.4. The van der Waals surface area contributed by atoms with E-state index in [2.05, 4.69) is 4.90 Å². The number of fused-ring (bicyclic) bond motifs is 1. The smallest absolute Gasteiger partial charge is 0.246 e. The van der Waals surface area contributed by atoms with Crippen LogP contribution in [0.4, 0.5) is 4.39 Å². The van der Waals surface area contributed by atoms with Crippen LogP contribution in [0.2, 0.25) is 5.02 Å². The van der Waals surface area contributed by atoms with Crippen LogP contribution in [-0.4, -0.2) is 48.7 Å². The Morgan fingerprint density at radius 2 is 1.89 bits per heavy atom. The lowest BCUT2D eigenvalue weighted by Crippen LogP contribution is -2.47. The number of rotatable bonds is 4. The lowest BCUT2D eigenvalue weighted by molar-refractivity contribution is -0.127. The van der Waals surface area contributed by atoms with Crippen LogP contribution in [0.5, 0.6) is 11.5 Å². The predicted octanol–water partition coefficient (Wildman–Crippen LogP) is 3.57. The topological polar surface area (TPSA) is 42.0 Å². The molecule has 0 unspecified atom stereocenters. The molecule has 2 heterocycles. The van der Waals surface area contributed by atoms with Crippen molar-refractivity contribution in [2.75, 3.05) is 33.0 Å². The maximum absolute atomic E-state index is 13.8. The van der Waals surface area contributed by atoms with Crippen LogP contribution in [0.15, 0.2) is 42.5 Å². The molecule has 1 fully saturated rings. The van der Waals surface area contributed by atoms with E-state index < -0.39 is 5.82 Å². The van der Waals surface area contributed by atoms with Crippen molar-refractivity contribution < 1.29 is 18.7 Å². The van der Waals surface area contributed by atoms with E-state index in [-0.39, 0.29) is 23.3 Å². The molecule has 1 saturated heterocycles. The Bertz CT molecular complexity index is 890. The molecule has 1 amide bonds. The van der Waals surface area contributed by atoms with E-state index in [4.69, 9.17) is 21.1 Å². The molecule has 0 spiro atoms. The molecule has 0 saturated carbocycles. The molecule has 2 aromatic rings. The summed E-state index contributed by atoms with van der Waals surface area (Å²) in [7, 11) is 0. The van der Waals surface area contributed by atoms with E-state index in [0.29, 0.717) is 13.1 Å². The van der Waals surface area contributed by atoms with E-state index in [1.165, 1.54) is 24.3 Å². The number of amides is 1. The zero-order valence-electron chi connectivity index (χ0n) is 15.2. The monoisotopic (exact) mass is 402 g/mol. The van der Waals surface area contributed by atoms with E-state index in [1.807, 2.05) is 18.2 Å². The lowest BCUT2D eigenvalue weighted by Gasteiger charge is -2.34. The van der Waals surface area contributed by atoms with Gasteiger partial charge in [0.15, 0.2) is 11.5 Å². The molecule has 7 heteroatoms. The van der Waals surface area contributed by atoms with Crippen molar-refractivity contribution in [2.45, 2.75) is 6.54 Å². The SMILES string of the molecule is O=C(/C=C/c1c(F)cccc1Cl)N1CCN(Cc2ccc3c(c2)OCO3)CC1. The highest BCUT2D eigenvalue weighted by Gasteiger charge is 2.21. The first-order chi connectivity index (χ1) is 13.6. The minimum atomic E-state index is -0.440. The quantitative estimate of drug-likeness (QED) is 0.733. The largest absolute Gasteiger partial charge is 0.454 e. The summed E-state index contributed by atoms with van der Waals surface area (Å²) in [5, 5.41) is 0.289. The molecule has 146 valence electrons. The van der Waals surface area contributed by atoms with Crippen LogP contribution in [0, 0.1) is 5.82 Å². The molecule has 5 nitrogen and oxygen atoms in total. The van der Waals surface area contributed by atoms with Crippen molar-refractivity contribution in [2.24, 2.45) is 0 Å². The molecule has 0 atom stereocenters. The molecule has 0 N–H and O–H groups in total. The van der Waals surface area contributed by atoms with Gasteiger partial charge in [0.2, 0.25) is 12.7 Å². The molecule has 28 heavy (non-hydrogen) atoms. The molecule has 2 aliphatic heterocycles. The van der Waals surface area contributed by atoms with E-state index in [1.54, 1.807) is 11.0 Å². The zero-order valence-corrected chi connectivity index (χ0v) is 16.0. The molecule has 2 aliphatic rings. The van der Waals surface area contributed by atoms with Crippen molar-refractivity contribution in [3.8, 4) is 11.5 Å². The number of benzene rings is 2. The van der Waals surface area contributed by atoms with Gasteiger partial charge in [-0.1, -0.05) is 23.7 Å². The molecule has 0 bridgehead atoms. The van der Waals surface area contributed by atoms with Gasteiger partial charge in [-0.15, -0.1) is 0 Å². The van der Waals surface area contributed by atoms with Gasteiger partial charge in [-0.05, 0) is 35.9 Å².